The van der Waals surface area contributed by atoms with Gasteiger partial charge in [-0.2, -0.15) is 4.31 Å². The van der Waals surface area contributed by atoms with E-state index in [1.54, 1.807) is 12.1 Å². The maximum absolute atomic E-state index is 12.9. The number of nitrogens with one attached hydrogen (secondary N) is 2. The molecule has 11 heteroatoms. The molecule has 2 aliphatic rings. The topological polar surface area (TPSA) is 129 Å². The second-order valence-electron chi connectivity index (χ2n) is 6.87. The van der Waals surface area contributed by atoms with Crippen LogP contribution in [0.2, 0.25) is 0 Å². The first kappa shape index (κ1) is 20.2. The van der Waals surface area contributed by atoms with Gasteiger partial charge in [0, 0.05) is 38.6 Å². The summed E-state index contributed by atoms with van der Waals surface area (Å²) in [4.78, 5) is 43.0. The lowest BCUT2D eigenvalue weighted by atomic mass is 10.1. The van der Waals surface area contributed by atoms with Crippen LogP contribution >= 0.6 is 0 Å². The van der Waals surface area contributed by atoms with Crippen LogP contribution in [0, 0.1) is 0 Å². The van der Waals surface area contributed by atoms with Crippen LogP contribution in [0.4, 0.5) is 0 Å². The predicted molar refractivity (Wildman–Crippen MR) is 99.7 cm³/mol. The highest BCUT2D eigenvalue weighted by Gasteiger charge is 2.39. The molecule has 3 amide bonds. The van der Waals surface area contributed by atoms with Crippen molar-refractivity contribution in [1.29, 1.82) is 0 Å². The van der Waals surface area contributed by atoms with Crippen molar-refractivity contribution in [3.63, 3.8) is 0 Å². The molecule has 3 rings (SSSR count). The Balaban J connectivity index is 1.82. The Bertz CT molecular complexity index is 860. The van der Waals surface area contributed by atoms with Crippen LogP contribution in [0.1, 0.15) is 23.2 Å². The summed E-state index contributed by atoms with van der Waals surface area (Å²) in [5.41, 5.74) is 0.309. The standard InChI is InChI=1S/C17H23N5O5S/c1-28(26,27)21-8-9-22(17(25)12-4-2-6-18-10-12)14(11-21)16(24)20-13-5-3-7-19-15(13)23/h2,4,6,10,13-14H,3,5,7-9,11H2,1H3,(H,19,23)(H,20,24)/t13-,14+/m0/s1. The third kappa shape index (κ3) is 4.47. The first-order chi connectivity index (χ1) is 13.3. The van der Waals surface area contributed by atoms with Gasteiger partial charge >= 0.3 is 0 Å². The molecule has 0 spiro atoms. The van der Waals surface area contributed by atoms with Crippen LogP contribution in [0.15, 0.2) is 24.5 Å². The number of carbonyl (C=O) groups excluding carboxylic acids is 3. The van der Waals surface area contributed by atoms with Gasteiger partial charge in [-0.1, -0.05) is 0 Å². The van der Waals surface area contributed by atoms with Crippen molar-refractivity contribution in [2.75, 3.05) is 32.4 Å². The fourth-order valence-corrected chi connectivity index (χ4v) is 4.18. The molecule has 2 saturated heterocycles. The van der Waals surface area contributed by atoms with Crippen LogP contribution in [0.3, 0.4) is 0 Å². The van der Waals surface area contributed by atoms with Gasteiger partial charge in [0.25, 0.3) is 5.91 Å². The Morgan fingerprint density at radius 1 is 1.32 bits per heavy atom. The molecule has 10 nitrogen and oxygen atoms in total. The molecule has 2 fully saturated rings. The van der Waals surface area contributed by atoms with Gasteiger partial charge in [0.15, 0.2) is 0 Å². The van der Waals surface area contributed by atoms with Gasteiger partial charge in [0.2, 0.25) is 21.8 Å². The van der Waals surface area contributed by atoms with E-state index in [9.17, 15) is 22.8 Å². The third-order valence-electron chi connectivity index (χ3n) is 4.89. The van der Waals surface area contributed by atoms with Gasteiger partial charge in [-0.05, 0) is 25.0 Å². The van der Waals surface area contributed by atoms with Crippen molar-refractivity contribution in [2.45, 2.75) is 24.9 Å². The lowest BCUT2D eigenvalue weighted by molar-refractivity contribution is -0.133. The van der Waals surface area contributed by atoms with Gasteiger partial charge in [-0.25, -0.2) is 8.42 Å². The third-order valence-corrected chi connectivity index (χ3v) is 6.16. The minimum absolute atomic E-state index is 0.0652. The predicted octanol–water partition coefficient (Wildman–Crippen LogP) is -1.44. The molecule has 152 valence electrons. The number of sulfonamides is 1. The molecule has 0 unspecified atom stereocenters. The van der Waals surface area contributed by atoms with Crippen molar-refractivity contribution in [3.8, 4) is 0 Å². The summed E-state index contributed by atoms with van der Waals surface area (Å²) < 4.78 is 25.1. The molecular formula is C17H23N5O5S. The van der Waals surface area contributed by atoms with E-state index in [0.29, 0.717) is 18.5 Å². The Morgan fingerprint density at radius 2 is 2.11 bits per heavy atom. The van der Waals surface area contributed by atoms with E-state index >= 15 is 0 Å². The molecule has 0 radical (unpaired) electrons. The SMILES string of the molecule is CS(=O)(=O)N1CCN(C(=O)c2cccnc2)[C@@H](C(=O)N[C@H]2CCCNC2=O)C1. The highest BCUT2D eigenvalue weighted by Crippen LogP contribution is 2.17. The van der Waals surface area contributed by atoms with Crippen LogP contribution in [-0.4, -0.2) is 84.8 Å². The Morgan fingerprint density at radius 3 is 2.75 bits per heavy atom. The number of hydrogen-bond acceptors (Lipinski definition) is 6. The second-order valence-corrected chi connectivity index (χ2v) is 8.85. The molecule has 2 aliphatic heterocycles. The van der Waals surface area contributed by atoms with E-state index in [2.05, 4.69) is 15.6 Å². The highest BCUT2D eigenvalue weighted by molar-refractivity contribution is 7.88. The van der Waals surface area contributed by atoms with Crippen LogP contribution < -0.4 is 10.6 Å². The molecule has 1 aromatic heterocycles. The summed E-state index contributed by atoms with van der Waals surface area (Å²) >= 11 is 0. The Kier molecular flexibility index (Phi) is 5.94. The first-order valence-corrected chi connectivity index (χ1v) is 10.9. The second kappa shape index (κ2) is 8.23. The number of pyridine rings is 1. The monoisotopic (exact) mass is 409 g/mol. The molecule has 0 saturated carbocycles. The van der Waals surface area contributed by atoms with Gasteiger partial charge in [-0.3, -0.25) is 19.4 Å². The minimum atomic E-state index is -3.53. The number of piperazine rings is 1. The van der Waals surface area contributed by atoms with E-state index in [1.807, 2.05) is 0 Å². The molecular weight excluding hydrogens is 386 g/mol. The minimum Gasteiger partial charge on any atom is -0.354 e. The zero-order valence-corrected chi connectivity index (χ0v) is 16.3. The number of hydrogen-bond donors (Lipinski definition) is 2. The summed E-state index contributed by atoms with van der Waals surface area (Å²) in [5.74, 6) is -1.23. The molecule has 2 N–H and O–H groups in total. The fraction of sp³-hybridized carbons (Fsp3) is 0.529. The van der Waals surface area contributed by atoms with Crippen LogP contribution in [0.5, 0.6) is 0 Å². The quantitative estimate of drug-likeness (QED) is 0.627. The Labute approximate surface area is 163 Å². The number of carbonyl (C=O) groups is 3. The maximum atomic E-state index is 12.9. The largest absolute Gasteiger partial charge is 0.354 e. The number of piperidine rings is 1. The normalized spacial score (nSPS) is 23.8. The Hall–Kier alpha value is -2.53. The van der Waals surface area contributed by atoms with E-state index in [0.717, 1.165) is 12.7 Å². The van der Waals surface area contributed by atoms with Crippen LogP contribution in [0.25, 0.3) is 0 Å². The number of nitrogens with zero attached hydrogens (tertiary/aromatic N) is 3. The van der Waals surface area contributed by atoms with Crippen molar-refractivity contribution in [1.82, 2.24) is 24.8 Å². The van der Waals surface area contributed by atoms with E-state index < -0.39 is 33.9 Å². The molecule has 0 aromatic carbocycles. The van der Waals surface area contributed by atoms with E-state index in [-0.39, 0.29) is 25.5 Å². The lowest BCUT2D eigenvalue weighted by Crippen LogP contribution is -2.63. The average molecular weight is 409 g/mol. The number of amides is 3. The smallest absolute Gasteiger partial charge is 0.256 e. The van der Waals surface area contributed by atoms with Crippen molar-refractivity contribution in [2.24, 2.45) is 0 Å². The van der Waals surface area contributed by atoms with Gasteiger partial charge in [0.1, 0.15) is 12.1 Å². The summed E-state index contributed by atoms with van der Waals surface area (Å²) in [7, 11) is -3.53. The molecule has 2 atom stereocenters. The van der Waals surface area contributed by atoms with E-state index in [4.69, 9.17) is 0 Å². The van der Waals surface area contributed by atoms with Crippen molar-refractivity contribution >= 4 is 27.7 Å². The average Bonchev–Trinajstić information content (AvgIpc) is 2.68. The number of aromatic nitrogens is 1. The molecule has 3 heterocycles. The fourth-order valence-electron chi connectivity index (χ4n) is 3.36. The summed E-state index contributed by atoms with van der Waals surface area (Å²) in [6.07, 6.45) is 5.22. The first-order valence-electron chi connectivity index (χ1n) is 9.01. The van der Waals surface area contributed by atoms with Gasteiger partial charge in [-0.15, -0.1) is 0 Å². The maximum Gasteiger partial charge on any atom is 0.256 e. The number of rotatable bonds is 4. The molecule has 0 bridgehead atoms. The summed E-state index contributed by atoms with van der Waals surface area (Å²) in [5, 5.41) is 5.35. The van der Waals surface area contributed by atoms with Crippen LogP contribution in [-0.2, 0) is 19.6 Å². The lowest BCUT2D eigenvalue weighted by Gasteiger charge is -2.40. The summed E-state index contributed by atoms with van der Waals surface area (Å²) in [6.45, 7) is 0.557. The molecule has 28 heavy (non-hydrogen) atoms. The zero-order chi connectivity index (χ0) is 20.3. The van der Waals surface area contributed by atoms with Gasteiger partial charge < -0.3 is 15.5 Å². The highest BCUT2D eigenvalue weighted by atomic mass is 32.2. The van der Waals surface area contributed by atoms with Gasteiger partial charge in [0.05, 0.1) is 11.8 Å². The molecule has 1 aromatic rings. The van der Waals surface area contributed by atoms with Crippen molar-refractivity contribution in [3.05, 3.63) is 30.1 Å². The molecule has 0 aliphatic carbocycles. The van der Waals surface area contributed by atoms with E-state index in [1.165, 1.54) is 21.6 Å². The zero-order valence-electron chi connectivity index (χ0n) is 15.5. The summed E-state index contributed by atoms with van der Waals surface area (Å²) in [6, 6.07) is 1.47. The van der Waals surface area contributed by atoms with Crippen molar-refractivity contribution < 1.29 is 22.8 Å².